The van der Waals surface area contributed by atoms with Gasteiger partial charge in [0, 0.05) is 30.3 Å². The van der Waals surface area contributed by atoms with Gasteiger partial charge in [0.1, 0.15) is 0 Å². The Kier molecular flexibility index (Phi) is 5.99. The zero-order chi connectivity index (χ0) is 24.7. The van der Waals surface area contributed by atoms with E-state index in [1.54, 1.807) is 56.3 Å². The average Bonchev–Trinajstić information content (AvgIpc) is 3.18. The lowest BCUT2D eigenvalue weighted by Crippen LogP contribution is -2.53. The number of sulfone groups is 2. The summed E-state index contributed by atoms with van der Waals surface area (Å²) in [4.78, 5) is 16.7. The van der Waals surface area contributed by atoms with E-state index in [0.717, 1.165) is 6.26 Å². The lowest BCUT2D eigenvalue weighted by Gasteiger charge is -2.39. The van der Waals surface area contributed by atoms with E-state index in [1.165, 1.54) is 35.5 Å². The second-order valence-electron chi connectivity index (χ2n) is 8.49. The minimum Gasteiger partial charge on any atom is -0.334 e. The van der Waals surface area contributed by atoms with Crippen molar-refractivity contribution in [2.45, 2.75) is 34.6 Å². The molecule has 8 nitrogen and oxygen atoms in total. The van der Waals surface area contributed by atoms with E-state index < -0.39 is 36.6 Å². The number of nitrogens with one attached hydrogen (secondary N) is 1. The molecule has 0 radical (unpaired) electrons. The zero-order valence-electron chi connectivity index (χ0n) is 19.0. The molecule has 0 bridgehead atoms. The number of pyridine rings is 1. The molecule has 3 aromatic rings. The van der Waals surface area contributed by atoms with E-state index in [-0.39, 0.29) is 16.3 Å². The van der Waals surface area contributed by atoms with Gasteiger partial charge in [0.2, 0.25) is 9.84 Å². The monoisotopic (exact) mass is 499 g/mol. The summed E-state index contributed by atoms with van der Waals surface area (Å²) in [5, 5.41) is 2.72. The van der Waals surface area contributed by atoms with Gasteiger partial charge in [0.25, 0.3) is 0 Å². The van der Waals surface area contributed by atoms with Gasteiger partial charge in [0.05, 0.1) is 16.3 Å². The lowest BCUT2D eigenvalue weighted by molar-refractivity contribution is 0.170. The number of aromatic nitrogens is 1. The van der Waals surface area contributed by atoms with Gasteiger partial charge >= 0.3 is 6.03 Å². The molecule has 1 atom stereocenters. The van der Waals surface area contributed by atoms with E-state index in [2.05, 4.69) is 10.3 Å². The number of amides is 2. The molecule has 2 heterocycles. The number of hydrogen-bond acceptors (Lipinski definition) is 6. The fourth-order valence-corrected chi connectivity index (χ4v) is 7.07. The van der Waals surface area contributed by atoms with E-state index in [9.17, 15) is 21.6 Å². The van der Waals surface area contributed by atoms with Crippen molar-refractivity contribution in [3.63, 3.8) is 0 Å². The summed E-state index contributed by atoms with van der Waals surface area (Å²) < 4.78 is 52.3. The molecule has 10 heteroatoms. The molecule has 2 aromatic carbocycles. The lowest BCUT2D eigenvalue weighted by atomic mass is 9.99. The van der Waals surface area contributed by atoms with Crippen molar-refractivity contribution < 1.29 is 21.6 Å². The number of urea groups is 1. The van der Waals surface area contributed by atoms with Gasteiger partial charge in [0.15, 0.2) is 14.7 Å². The first-order valence-corrected chi connectivity index (χ1v) is 14.0. The second kappa shape index (κ2) is 8.52. The number of hydrogen-bond donors (Lipinski definition) is 1. The van der Waals surface area contributed by atoms with Crippen molar-refractivity contribution in [1.82, 2.24) is 15.2 Å². The quantitative estimate of drug-likeness (QED) is 0.557. The molecule has 34 heavy (non-hydrogen) atoms. The molecule has 1 unspecified atom stereocenters. The maximum absolute atomic E-state index is 14.1. The van der Waals surface area contributed by atoms with Crippen LogP contribution in [-0.2, 0) is 24.5 Å². The highest BCUT2D eigenvalue weighted by atomic mass is 32.2. The second-order valence-corrected chi connectivity index (χ2v) is 12.7. The van der Waals surface area contributed by atoms with Gasteiger partial charge in [-0.15, -0.1) is 0 Å². The van der Waals surface area contributed by atoms with Gasteiger partial charge in [-0.05, 0) is 49.2 Å². The Balaban J connectivity index is 1.96. The van der Waals surface area contributed by atoms with Gasteiger partial charge < -0.3 is 5.32 Å². The van der Waals surface area contributed by atoms with Crippen molar-refractivity contribution in [3.05, 3.63) is 78.6 Å². The molecule has 0 spiro atoms. The molecule has 1 aliphatic rings. The Labute approximate surface area is 199 Å². The molecule has 0 aliphatic carbocycles. The van der Waals surface area contributed by atoms with Crippen LogP contribution >= 0.6 is 0 Å². The number of nitrogens with zero attached hydrogens (tertiary/aromatic N) is 2. The highest BCUT2D eigenvalue weighted by molar-refractivity contribution is 7.92. The third-order valence-electron chi connectivity index (χ3n) is 5.89. The normalized spacial score (nSPS) is 18.8. The molecular formula is C24H25N3O5S2. The predicted molar refractivity (Wildman–Crippen MR) is 128 cm³/mol. The van der Waals surface area contributed by atoms with Crippen LogP contribution in [0.5, 0.6) is 0 Å². The van der Waals surface area contributed by atoms with E-state index in [0.29, 0.717) is 16.7 Å². The summed E-state index contributed by atoms with van der Waals surface area (Å²) in [6.45, 7) is 3.40. The molecule has 1 fully saturated rings. The van der Waals surface area contributed by atoms with E-state index >= 15 is 0 Å². The Morgan fingerprint density at radius 1 is 0.912 bits per heavy atom. The molecule has 1 aromatic heterocycles. The largest absolute Gasteiger partial charge is 0.334 e. The van der Waals surface area contributed by atoms with Crippen LogP contribution in [-0.4, -0.2) is 51.6 Å². The Bertz CT molecular complexity index is 1450. The summed E-state index contributed by atoms with van der Waals surface area (Å²) in [6.07, 6.45) is 3.89. The van der Waals surface area contributed by atoms with Crippen molar-refractivity contribution in [1.29, 1.82) is 0 Å². The highest BCUT2D eigenvalue weighted by Gasteiger charge is 2.58. The summed E-state index contributed by atoms with van der Waals surface area (Å²) >= 11 is 0. The van der Waals surface area contributed by atoms with Crippen LogP contribution in [0.2, 0.25) is 0 Å². The third kappa shape index (κ3) is 3.86. The number of carbonyl (C=O) groups is 1. The summed E-state index contributed by atoms with van der Waals surface area (Å²) in [5.41, 5.74) is 1.50. The maximum atomic E-state index is 14.1. The molecule has 2 amide bonds. The van der Waals surface area contributed by atoms with Crippen LogP contribution in [0.1, 0.15) is 19.4 Å². The van der Waals surface area contributed by atoms with E-state index in [4.69, 9.17) is 0 Å². The van der Waals surface area contributed by atoms with Crippen molar-refractivity contribution in [2.24, 2.45) is 0 Å². The summed E-state index contributed by atoms with van der Waals surface area (Å²) in [6, 6.07) is 15.5. The Morgan fingerprint density at radius 3 is 2.26 bits per heavy atom. The van der Waals surface area contributed by atoms with Crippen molar-refractivity contribution in [3.8, 4) is 11.1 Å². The fraction of sp³-hybridized carbons (Fsp3) is 0.250. The molecule has 1 saturated heterocycles. The first kappa shape index (κ1) is 23.9. The van der Waals surface area contributed by atoms with Gasteiger partial charge in [-0.2, -0.15) is 0 Å². The first-order valence-electron chi connectivity index (χ1n) is 10.6. The molecule has 1 N–H and O–H groups in total. The van der Waals surface area contributed by atoms with E-state index in [1.807, 2.05) is 0 Å². The third-order valence-corrected chi connectivity index (χ3v) is 9.33. The molecule has 1 aliphatic heterocycles. The van der Waals surface area contributed by atoms with Crippen LogP contribution in [0.4, 0.5) is 4.79 Å². The van der Waals surface area contributed by atoms with Crippen LogP contribution in [0.15, 0.2) is 82.8 Å². The predicted octanol–water partition coefficient (Wildman–Crippen LogP) is 3.21. The Hall–Kier alpha value is -3.24. The Morgan fingerprint density at radius 2 is 1.62 bits per heavy atom. The summed E-state index contributed by atoms with van der Waals surface area (Å²) in [5.74, 6) is 0. The van der Waals surface area contributed by atoms with Crippen molar-refractivity contribution in [2.75, 3.05) is 12.8 Å². The summed E-state index contributed by atoms with van der Waals surface area (Å²) in [7, 11) is -7.56. The molecule has 4 rings (SSSR count). The topological polar surface area (TPSA) is 114 Å². The fourth-order valence-electron chi connectivity index (χ4n) is 4.32. The van der Waals surface area contributed by atoms with Gasteiger partial charge in [-0.1, -0.05) is 36.4 Å². The molecule has 0 saturated carbocycles. The van der Waals surface area contributed by atoms with Crippen LogP contribution in [0.3, 0.4) is 0 Å². The minimum atomic E-state index is -4.08. The average molecular weight is 500 g/mol. The SMILES string of the molecule is CC(C)N1C(=O)NCC1(c1cccc(-c2cncc(S(C)(=O)=O)c2)c1)S(=O)(=O)c1ccccc1. The number of carbonyl (C=O) groups excluding carboxylic acids is 1. The van der Waals surface area contributed by atoms with Crippen LogP contribution in [0.25, 0.3) is 11.1 Å². The minimum absolute atomic E-state index is 0.0588. The standard InChI is InChI=1S/C24H25N3O5S2/c1-17(2)27-23(28)26-16-24(27,34(31,32)21-10-5-4-6-11-21)20-9-7-8-18(12-20)19-13-22(15-25-14-19)33(3,29)30/h4-15,17H,16H2,1-3H3,(H,26,28). The van der Waals surface area contributed by atoms with Gasteiger partial charge in [-0.3, -0.25) is 9.88 Å². The van der Waals surface area contributed by atoms with Crippen molar-refractivity contribution >= 4 is 25.7 Å². The zero-order valence-corrected chi connectivity index (χ0v) is 20.6. The van der Waals surface area contributed by atoms with Gasteiger partial charge in [-0.25, -0.2) is 21.6 Å². The number of benzene rings is 2. The maximum Gasteiger partial charge on any atom is 0.319 e. The van der Waals surface area contributed by atoms with Crippen LogP contribution < -0.4 is 5.32 Å². The highest BCUT2D eigenvalue weighted by Crippen LogP contribution is 2.43. The smallest absolute Gasteiger partial charge is 0.319 e. The molecule has 178 valence electrons. The number of rotatable bonds is 6. The first-order chi connectivity index (χ1) is 16.0. The van der Waals surface area contributed by atoms with Crippen LogP contribution in [0, 0.1) is 0 Å². The molecular weight excluding hydrogens is 474 g/mol.